The molecule has 2 aliphatic carbocycles. The van der Waals surface area contributed by atoms with Crippen molar-refractivity contribution in [2.24, 2.45) is 0 Å². The molecule has 0 aromatic heterocycles. The molecule has 0 heterocycles. The Labute approximate surface area is 363 Å². The zero-order valence-corrected chi connectivity index (χ0v) is 36.7. The van der Waals surface area contributed by atoms with Gasteiger partial charge in [0, 0.05) is 17.6 Å². The summed E-state index contributed by atoms with van der Waals surface area (Å²) in [6.07, 6.45) is 12.9. The van der Waals surface area contributed by atoms with E-state index in [0.717, 1.165) is 87.7 Å². The first-order valence-corrected chi connectivity index (χ1v) is 22.0. The lowest BCUT2D eigenvalue weighted by Gasteiger charge is -2.30. The van der Waals surface area contributed by atoms with E-state index >= 15 is 0 Å². The summed E-state index contributed by atoms with van der Waals surface area (Å²) < 4.78 is 22.0. The Morgan fingerprint density at radius 3 is 1.49 bits per heavy atom. The van der Waals surface area contributed by atoms with E-state index in [1.54, 1.807) is 0 Å². The third-order valence-electron chi connectivity index (χ3n) is 12.1. The van der Waals surface area contributed by atoms with Gasteiger partial charge in [0.15, 0.2) is 5.75 Å². The third-order valence-corrected chi connectivity index (χ3v) is 12.1. The number of hydrogen-bond acceptors (Lipinski definition) is 8. The maximum absolute atomic E-state index is 11.2. The van der Waals surface area contributed by atoms with Gasteiger partial charge in [-0.3, -0.25) is 0 Å². The molecule has 4 aromatic carbocycles. The summed E-state index contributed by atoms with van der Waals surface area (Å²) in [5.41, 5.74) is 9.05. The predicted molar refractivity (Wildman–Crippen MR) is 240 cm³/mol. The highest BCUT2D eigenvalue weighted by atomic mass is 17.2. The highest BCUT2D eigenvalue weighted by Gasteiger charge is 2.56. The average molecular weight is 829 g/mol. The van der Waals surface area contributed by atoms with E-state index in [1.165, 1.54) is 45.5 Å². The van der Waals surface area contributed by atoms with E-state index in [1.807, 2.05) is 30.3 Å². The van der Waals surface area contributed by atoms with E-state index in [2.05, 4.69) is 95.5 Å². The third kappa shape index (κ3) is 11.9. The minimum atomic E-state index is -0.370. The molecule has 2 aliphatic rings. The van der Waals surface area contributed by atoms with Crippen LogP contribution in [0.3, 0.4) is 0 Å². The number of rotatable bonds is 24. The molecule has 8 nitrogen and oxygen atoms in total. The monoisotopic (exact) mass is 828 g/mol. The van der Waals surface area contributed by atoms with Gasteiger partial charge in [0.05, 0.1) is 26.4 Å². The molecule has 0 fully saturated rings. The first-order chi connectivity index (χ1) is 29.4. The van der Waals surface area contributed by atoms with E-state index in [4.69, 9.17) is 28.7 Å². The van der Waals surface area contributed by atoms with Gasteiger partial charge in [-0.15, -0.1) is 0 Å². The largest absolute Gasteiger partial charge is 0.494 e. The molecule has 0 amide bonds. The molecule has 0 radical (unpaired) electrons. The lowest BCUT2D eigenvalue weighted by atomic mass is 9.72. The molecule has 0 saturated carbocycles. The maximum Gasteiger partial charge on any atom is 0.330 e. The molecule has 0 N–H and O–H groups in total. The molecule has 61 heavy (non-hydrogen) atoms. The molecule has 0 aliphatic heterocycles. The molecular weight excluding hydrogens is 765 g/mol. The van der Waals surface area contributed by atoms with Gasteiger partial charge in [-0.05, 0) is 157 Å². The predicted octanol–water partition coefficient (Wildman–Crippen LogP) is 11.8. The Balaban J connectivity index is 1.02. The Kier molecular flexibility index (Phi) is 15.5. The molecule has 0 saturated heterocycles. The molecule has 324 valence electrons. The van der Waals surface area contributed by atoms with Crippen LogP contribution < -0.4 is 14.4 Å². The number of ether oxygens (including phenoxy) is 4. The van der Waals surface area contributed by atoms with Crippen molar-refractivity contribution in [3.05, 3.63) is 149 Å². The van der Waals surface area contributed by atoms with E-state index in [9.17, 15) is 9.59 Å². The molecule has 6 rings (SSSR count). The van der Waals surface area contributed by atoms with Crippen molar-refractivity contribution in [3.8, 4) is 17.2 Å². The Morgan fingerprint density at radius 1 is 0.525 bits per heavy atom. The van der Waals surface area contributed by atoms with Gasteiger partial charge in [-0.2, -0.15) is 4.89 Å². The fourth-order valence-corrected chi connectivity index (χ4v) is 9.28. The number of benzene rings is 4. The second-order valence-electron chi connectivity index (χ2n) is 17.9. The summed E-state index contributed by atoms with van der Waals surface area (Å²) in [4.78, 5) is 34.1. The van der Waals surface area contributed by atoms with Crippen LogP contribution in [0.4, 0.5) is 0 Å². The van der Waals surface area contributed by atoms with Crippen LogP contribution >= 0.6 is 0 Å². The van der Waals surface area contributed by atoms with E-state index in [-0.39, 0.29) is 28.2 Å². The lowest BCUT2D eigenvalue weighted by molar-refractivity contribution is -0.217. The van der Waals surface area contributed by atoms with Gasteiger partial charge in [0.2, 0.25) is 0 Å². The van der Waals surface area contributed by atoms with Crippen molar-refractivity contribution in [3.63, 3.8) is 0 Å². The molecule has 1 atom stereocenters. The number of carbonyl (C=O) groups excluding carboxylic acids is 2. The van der Waals surface area contributed by atoms with Crippen molar-refractivity contribution in [2.45, 2.75) is 121 Å². The quantitative estimate of drug-likeness (QED) is 0.0227. The van der Waals surface area contributed by atoms with Crippen LogP contribution in [0.25, 0.3) is 0 Å². The normalized spacial score (nSPS) is 16.7. The fourth-order valence-electron chi connectivity index (χ4n) is 9.28. The lowest BCUT2D eigenvalue weighted by Crippen LogP contribution is -2.27. The van der Waals surface area contributed by atoms with Crippen molar-refractivity contribution < 1.29 is 38.3 Å². The molecule has 1 unspecified atom stereocenters. The smallest absolute Gasteiger partial charge is 0.330 e. The first-order valence-electron chi connectivity index (χ1n) is 22.0. The summed E-state index contributed by atoms with van der Waals surface area (Å²) in [6.45, 7) is 18.8. The van der Waals surface area contributed by atoms with Crippen LogP contribution in [0.5, 0.6) is 17.2 Å². The molecule has 1 spiro atoms. The Hall–Kier alpha value is -5.34. The van der Waals surface area contributed by atoms with Gasteiger partial charge in [0.25, 0.3) is 0 Å². The molecule has 4 aromatic rings. The van der Waals surface area contributed by atoms with Crippen LogP contribution in [0.15, 0.2) is 110 Å². The maximum atomic E-state index is 11.2. The zero-order chi connectivity index (χ0) is 43.3. The topological polar surface area (TPSA) is 89.5 Å². The van der Waals surface area contributed by atoms with Crippen molar-refractivity contribution in [1.82, 2.24) is 0 Å². The summed E-state index contributed by atoms with van der Waals surface area (Å²) in [5.74, 6) is 1.69. The van der Waals surface area contributed by atoms with Crippen LogP contribution in [0.2, 0.25) is 0 Å². The summed E-state index contributed by atoms with van der Waals surface area (Å²) in [7, 11) is 0. The van der Waals surface area contributed by atoms with Gasteiger partial charge < -0.3 is 23.8 Å². The molecule has 8 heteroatoms. The molecule has 0 bridgehead atoms. The van der Waals surface area contributed by atoms with Crippen molar-refractivity contribution >= 4 is 11.9 Å². The van der Waals surface area contributed by atoms with Gasteiger partial charge in [0.1, 0.15) is 18.1 Å². The van der Waals surface area contributed by atoms with Gasteiger partial charge in [-0.25, -0.2) is 9.59 Å². The second-order valence-corrected chi connectivity index (χ2v) is 17.9. The number of esters is 2. The summed E-state index contributed by atoms with van der Waals surface area (Å²) >= 11 is 0. The number of hydrogen-bond donors (Lipinski definition) is 0. The Morgan fingerprint density at radius 2 is 0.967 bits per heavy atom. The van der Waals surface area contributed by atoms with E-state index < -0.39 is 0 Å². The van der Waals surface area contributed by atoms with Gasteiger partial charge >= 0.3 is 11.9 Å². The number of carbonyl (C=O) groups is 2. The highest BCUT2D eigenvalue weighted by molar-refractivity contribution is 5.81. The fraction of sp³-hybridized carbons (Fsp3) is 0.434. The SMILES string of the molecule is C=CC(=O)OCCCCCCOc1ccc(COOc2ccc3c(c2)C2(CC(C)(C)c4ccc(Cc5ccc(OCCCCCCOC(=O)C=C)cc5)cc42)CC3(C)C)cc1. The minimum absolute atomic E-state index is 0.00419. The number of unbranched alkanes of at least 4 members (excludes halogenated alkanes) is 6. The van der Waals surface area contributed by atoms with E-state index in [0.29, 0.717) is 38.8 Å². The van der Waals surface area contributed by atoms with Crippen LogP contribution in [0.1, 0.15) is 131 Å². The zero-order valence-electron chi connectivity index (χ0n) is 36.7. The van der Waals surface area contributed by atoms with Crippen molar-refractivity contribution in [2.75, 3.05) is 26.4 Å². The Bertz CT molecular complexity index is 2090. The number of fused-ring (bicyclic) bond motifs is 4. The first kappa shape index (κ1) is 45.2. The average Bonchev–Trinajstić information content (AvgIpc) is 3.62. The minimum Gasteiger partial charge on any atom is -0.494 e. The summed E-state index contributed by atoms with van der Waals surface area (Å²) in [6, 6.07) is 30.1. The van der Waals surface area contributed by atoms with Crippen molar-refractivity contribution in [1.29, 1.82) is 0 Å². The van der Waals surface area contributed by atoms with Gasteiger partial charge in [-0.1, -0.05) is 89.4 Å². The molecular formula is C53H64O8. The highest BCUT2D eigenvalue weighted by Crippen LogP contribution is 2.63. The van der Waals surface area contributed by atoms with Crippen LogP contribution in [-0.2, 0) is 53.2 Å². The van der Waals surface area contributed by atoms with Crippen LogP contribution in [-0.4, -0.2) is 38.4 Å². The second kappa shape index (κ2) is 21.0. The van der Waals surface area contributed by atoms with Crippen LogP contribution in [0, 0.1) is 0 Å². The standard InChI is InChI=1S/C53H64O8/c1-7-49(54)58-31-15-11-9-13-29-56-42-22-17-39(18-23-42)33-41-21-27-45-47(34-41)53(37-51(45,3)4)38-52(5,6)46-28-26-44(35-48(46)53)61-60-36-40-19-24-43(25-20-40)57-30-14-10-12-16-32-59-50(55)8-2/h7-8,17-28,34-35H,1-2,9-16,29-33,36-38H2,3-6H3. The summed E-state index contributed by atoms with van der Waals surface area (Å²) in [5, 5.41) is 0.